The van der Waals surface area contributed by atoms with Crippen LogP contribution in [0.5, 0.6) is 0 Å². The molecule has 1 aliphatic carbocycles. The lowest BCUT2D eigenvalue weighted by molar-refractivity contribution is -0.137. The van der Waals surface area contributed by atoms with Gasteiger partial charge in [-0.3, -0.25) is 0 Å². The molecule has 31 heavy (non-hydrogen) atoms. The van der Waals surface area contributed by atoms with Crippen molar-refractivity contribution < 1.29 is 17.6 Å². The third kappa shape index (κ3) is 5.31. The second-order valence-electron chi connectivity index (χ2n) is 8.28. The summed E-state index contributed by atoms with van der Waals surface area (Å²) >= 11 is 0. The maximum atomic E-state index is 12.8. The van der Waals surface area contributed by atoms with Crippen LogP contribution in [0.15, 0.2) is 34.9 Å². The van der Waals surface area contributed by atoms with Gasteiger partial charge in [0, 0.05) is 36.9 Å². The molecule has 4 rings (SSSR count). The molecule has 2 fully saturated rings. The number of oxazole rings is 1. The highest BCUT2D eigenvalue weighted by molar-refractivity contribution is 5.48. The molecule has 6 nitrogen and oxygen atoms in total. The van der Waals surface area contributed by atoms with Crippen molar-refractivity contribution in [2.75, 3.05) is 23.3 Å². The van der Waals surface area contributed by atoms with E-state index in [1.807, 2.05) is 6.07 Å². The summed E-state index contributed by atoms with van der Waals surface area (Å²) in [6.07, 6.45) is 3.37. The number of rotatable bonds is 5. The zero-order valence-corrected chi connectivity index (χ0v) is 17.2. The van der Waals surface area contributed by atoms with Crippen LogP contribution >= 0.6 is 0 Å². The molecule has 0 radical (unpaired) electrons. The smallest absolute Gasteiger partial charge is 0.413 e. The van der Waals surface area contributed by atoms with Gasteiger partial charge in [0.25, 0.3) is 6.01 Å². The van der Waals surface area contributed by atoms with E-state index in [0.717, 1.165) is 69.4 Å². The number of alkyl halides is 3. The first-order chi connectivity index (χ1) is 14.9. The highest BCUT2D eigenvalue weighted by Gasteiger charge is 2.32. The van der Waals surface area contributed by atoms with Crippen LogP contribution in [0.4, 0.5) is 24.9 Å². The number of hydrogen-bond acceptors (Lipinski definition) is 6. The van der Waals surface area contributed by atoms with Crippen molar-refractivity contribution in [2.45, 2.75) is 62.8 Å². The van der Waals surface area contributed by atoms with Crippen molar-refractivity contribution in [3.8, 4) is 6.07 Å². The average Bonchev–Trinajstić information content (AvgIpc) is 3.22. The third-order valence-corrected chi connectivity index (χ3v) is 6.12. The molecule has 2 heterocycles. The fourth-order valence-corrected chi connectivity index (χ4v) is 4.57. The summed E-state index contributed by atoms with van der Waals surface area (Å²) in [6.45, 7) is 1.59. The molecule has 3 unspecified atom stereocenters. The predicted molar refractivity (Wildman–Crippen MR) is 111 cm³/mol. The van der Waals surface area contributed by atoms with Gasteiger partial charge in [0.2, 0.25) is 5.76 Å². The molecular formula is C22H26F3N5O. The number of nitrogens with zero attached hydrogens (tertiary/aromatic N) is 3. The Bertz CT molecular complexity index is 905. The van der Waals surface area contributed by atoms with Crippen molar-refractivity contribution in [3.05, 3.63) is 41.8 Å². The normalized spacial score (nSPS) is 24.6. The lowest BCUT2D eigenvalue weighted by Crippen LogP contribution is -2.54. The number of hydrogen-bond donors (Lipinski definition) is 2. The van der Waals surface area contributed by atoms with E-state index in [9.17, 15) is 13.2 Å². The molecule has 0 spiro atoms. The number of aromatic nitrogens is 1. The van der Waals surface area contributed by atoms with Crippen LogP contribution in [-0.4, -0.2) is 36.2 Å². The van der Waals surface area contributed by atoms with Crippen LogP contribution in [0.2, 0.25) is 0 Å². The SMILES string of the molecule is N#Cc1cnc(NC2CCCCC2NC2CCCN(c3ccc(C(F)(F)F)cc3)C2)o1. The minimum Gasteiger partial charge on any atom is -0.413 e. The molecule has 1 aromatic heterocycles. The standard InChI is InChI=1S/C22H26F3N5O/c23-22(24,25)15-7-9-17(10-8-15)30-11-3-4-16(14-30)28-19-5-1-2-6-20(19)29-21-27-13-18(12-26)31-21/h7-10,13,16,19-20,28H,1-6,11,14H2,(H,27,29). The fraction of sp³-hybridized carbons (Fsp3) is 0.545. The third-order valence-electron chi connectivity index (χ3n) is 6.12. The van der Waals surface area contributed by atoms with Gasteiger partial charge in [-0.05, 0) is 49.9 Å². The minimum absolute atomic E-state index is 0.153. The second kappa shape index (κ2) is 9.18. The molecule has 0 bridgehead atoms. The molecule has 0 amide bonds. The molecule has 1 aromatic carbocycles. The zero-order valence-electron chi connectivity index (χ0n) is 17.2. The van der Waals surface area contributed by atoms with Crippen LogP contribution in [0.3, 0.4) is 0 Å². The monoisotopic (exact) mass is 433 g/mol. The van der Waals surface area contributed by atoms with Gasteiger partial charge in [0.05, 0.1) is 11.8 Å². The van der Waals surface area contributed by atoms with Gasteiger partial charge < -0.3 is 20.0 Å². The first-order valence-corrected chi connectivity index (χ1v) is 10.7. The number of nitrogens with one attached hydrogen (secondary N) is 2. The van der Waals surface area contributed by atoms with Crippen LogP contribution in [0.1, 0.15) is 49.8 Å². The van der Waals surface area contributed by atoms with Crippen molar-refractivity contribution in [1.82, 2.24) is 10.3 Å². The summed E-state index contributed by atoms with van der Waals surface area (Å²) in [7, 11) is 0. The summed E-state index contributed by atoms with van der Waals surface area (Å²) in [4.78, 5) is 6.27. The molecule has 166 valence electrons. The van der Waals surface area contributed by atoms with Crippen LogP contribution in [-0.2, 0) is 6.18 Å². The number of anilines is 2. The Morgan fingerprint density at radius 2 is 1.81 bits per heavy atom. The molecule has 1 saturated heterocycles. The Labute approximate surface area is 179 Å². The van der Waals surface area contributed by atoms with E-state index in [1.54, 1.807) is 12.1 Å². The van der Waals surface area contributed by atoms with Crippen LogP contribution in [0.25, 0.3) is 0 Å². The summed E-state index contributed by atoms with van der Waals surface area (Å²) in [6, 6.07) is 8.38. The number of piperidine rings is 1. The molecule has 2 N–H and O–H groups in total. The van der Waals surface area contributed by atoms with E-state index >= 15 is 0 Å². The number of benzene rings is 1. The summed E-state index contributed by atoms with van der Waals surface area (Å²) < 4.78 is 43.9. The van der Waals surface area contributed by atoms with Gasteiger partial charge in [-0.1, -0.05) is 12.8 Å². The van der Waals surface area contributed by atoms with Crippen molar-refractivity contribution >= 4 is 11.7 Å². The van der Waals surface area contributed by atoms with Gasteiger partial charge in [0.15, 0.2) is 0 Å². The summed E-state index contributed by atoms with van der Waals surface area (Å²) in [5.41, 5.74) is 0.201. The quantitative estimate of drug-likeness (QED) is 0.721. The topological polar surface area (TPSA) is 77.1 Å². The molecular weight excluding hydrogens is 407 g/mol. The Kier molecular flexibility index (Phi) is 6.37. The van der Waals surface area contributed by atoms with Gasteiger partial charge in [0.1, 0.15) is 6.07 Å². The van der Waals surface area contributed by atoms with Gasteiger partial charge in [-0.25, -0.2) is 4.98 Å². The van der Waals surface area contributed by atoms with E-state index < -0.39 is 11.7 Å². The van der Waals surface area contributed by atoms with Crippen molar-refractivity contribution in [3.63, 3.8) is 0 Å². The van der Waals surface area contributed by atoms with Crippen LogP contribution in [0, 0.1) is 11.3 Å². The minimum atomic E-state index is -4.32. The van der Waals surface area contributed by atoms with Gasteiger partial charge >= 0.3 is 6.18 Å². The van der Waals surface area contributed by atoms with Crippen molar-refractivity contribution in [1.29, 1.82) is 5.26 Å². The summed E-state index contributed by atoms with van der Waals surface area (Å²) in [5, 5.41) is 16.0. The highest BCUT2D eigenvalue weighted by Crippen LogP contribution is 2.31. The zero-order chi connectivity index (χ0) is 21.8. The van der Waals surface area contributed by atoms with E-state index in [0.29, 0.717) is 6.01 Å². The van der Waals surface area contributed by atoms with Gasteiger partial charge in [-0.15, -0.1) is 0 Å². The summed E-state index contributed by atoms with van der Waals surface area (Å²) in [5.74, 6) is 0.183. The molecule has 1 saturated carbocycles. The maximum absolute atomic E-state index is 12.8. The number of halogens is 3. The molecule has 2 aromatic rings. The second-order valence-corrected chi connectivity index (χ2v) is 8.28. The van der Waals surface area contributed by atoms with E-state index in [1.165, 1.54) is 6.20 Å². The van der Waals surface area contributed by atoms with E-state index in [-0.39, 0.29) is 23.9 Å². The lowest BCUT2D eigenvalue weighted by atomic mass is 9.89. The molecule has 9 heteroatoms. The van der Waals surface area contributed by atoms with Crippen LogP contribution < -0.4 is 15.5 Å². The Morgan fingerprint density at radius 3 is 2.48 bits per heavy atom. The molecule has 2 aliphatic rings. The maximum Gasteiger partial charge on any atom is 0.416 e. The Balaban J connectivity index is 1.37. The molecule has 1 aliphatic heterocycles. The number of nitriles is 1. The first-order valence-electron chi connectivity index (χ1n) is 10.7. The van der Waals surface area contributed by atoms with Crippen molar-refractivity contribution in [2.24, 2.45) is 0 Å². The first kappa shape index (κ1) is 21.5. The average molecular weight is 433 g/mol. The van der Waals surface area contributed by atoms with Gasteiger partial charge in [-0.2, -0.15) is 18.4 Å². The molecule has 3 atom stereocenters. The lowest BCUT2D eigenvalue weighted by Gasteiger charge is -2.40. The van der Waals surface area contributed by atoms with E-state index in [4.69, 9.17) is 9.68 Å². The predicted octanol–water partition coefficient (Wildman–Crippen LogP) is 4.55. The largest absolute Gasteiger partial charge is 0.416 e. The Hall–Kier alpha value is -2.73. The highest BCUT2D eigenvalue weighted by atomic mass is 19.4. The fourth-order valence-electron chi connectivity index (χ4n) is 4.57. The van der Waals surface area contributed by atoms with E-state index in [2.05, 4.69) is 20.5 Å². The Morgan fingerprint density at radius 1 is 1.06 bits per heavy atom.